The summed E-state index contributed by atoms with van der Waals surface area (Å²) in [6.45, 7) is 4.31. The number of benzene rings is 1. The molecule has 20 heavy (non-hydrogen) atoms. The van der Waals surface area contributed by atoms with E-state index in [1.165, 1.54) is 0 Å². The number of amides is 1. The van der Waals surface area contributed by atoms with Gasteiger partial charge in [-0.05, 0) is 12.5 Å². The minimum absolute atomic E-state index is 0.155. The predicted octanol–water partition coefficient (Wildman–Crippen LogP) is 1.04. The summed E-state index contributed by atoms with van der Waals surface area (Å²) in [6, 6.07) is 9.28. The van der Waals surface area contributed by atoms with Crippen LogP contribution in [0.25, 0.3) is 0 Å². The summed E-state index contributed by atoms with van der Waals surface area (Å²) >= 11 is 0. The third kappa shape index (κ3) is 4.66. The highest BCUT2D eigenvalue weighted by molar-refractivity contribution is 5.82. The van der Waals surface area contributed by atoms with Gasteiger partial charge in [-0.1, -0.05) is 37.3 Å². The Labute approximate surface area is 119 Å². The van der Waals surface area contributed by atoms with Crippen LogP contribution in [-0.2, 0) is 14.3 Å². The van der Waals surface area contributed by atoms with E-state index in [2.05, 4.69) is 5.32 Å². The molecular formula is C15H22N2O3. The van der Waals surface area contributed by atoms with E-state index in [-0.39, 0.29) is 30.9 Å². The Kier molecular flexibility index (Phi) is 6.73. The molecular weight excluding hydrogens is 256 g/mol. The van der Waals surface area contributed by atoms with E-state index >= 15 is 0 Å². The summed E-state index contributed by atoms with van der Waals surface area (Å²) in [6.07, 6.45) is 0. The van der Waals surface area contributed by atoms with E-state index in [1.807, 2.05) is 30.3 Å². The van der Waals surface area contributed by atoms with E-state index < -0.39 is 5.92 Å². The van der Waals surface area contributed by atoms with E-state index in [0.29, 0.717) is 6.61 Å². The number of hydrogen-bond acceptors (Lipinski definition) is 4. The van der Waals surface area contributed by atoms with Crippen molar-refractivity contribution < 1.29 is 14.3 Å². The van der Waals surface area contributed by atoms with Gasteiger partial charge in [-0.3, -0.25) is 9.59 Å². The van der Waals surface area contributed by atoms with Crippen molar-refractivity contribution in [2.45, 2.75) is 19.8 Å². The van der Waals surface area contributed by atoms with Gasteiger partial charge in [0.1, 0.15) is 0 Å². The van der Waals surface area contributed by atoms with Crippen LogP contribution in [0.1, 0.15) is 25.3 Å². The van der Waals surface area contributed by atoms with Gasteiger partial charge >= 0.3 is 5.97 Å². The molecule has 2 unspecified atom stereocenters. The van der Waals surface area contributed by atoms with Gasteiger partial charge in [0.15, 0.2) is 0 Å². The van der Waals surface area contributed by atoms with Gasteiger partial charge in [-0.15, -0.1) is 0 Å². The molecule has 110 valence electrons. The maximum Gasteiger partial charge on any atom is 0.315 e. The molecule has 3 N–H and O–H groups in total. The molecule has 1 aromatic carbocycles. The van der Waals surface area contributed by atoms with Crippen molar-refractivity contribution in [3.63, 3.8) is 0 Å². The molecule has 0 fully saturated rings. The molecule has 0 saturated heterocycles. The van der Waals surface area contributed by atoms with Gasteiger partial charge in [0.05, 0.1) is 12.5 Å². The predicted molar refractivity (Wildman–Crippen MR) is 77.0 cm³/mol. The van der Waals surface area contributed by atoms with Crippen LogP contribution in [0.3, 0.4) is 0 Å². The van der Waals surface area contributed by atoms with Crippen LogP contribution in [0.5, 0.6) is 0 Å². The number of carbonyl (C=O) groups is 2. The molecule has 5 nitrogen and oxygen atoms in total. The van der Waals surface area contributed by atoms with Crippen LogP contribution in [0.4, 0.5) is 0 Å². The first-order chi connectivity index (χ1) is 9.60. The van der Waals surface area contributed by atoms with E-state index in [9.17, 15) is 9.59 Å². The summed E-state index contributed by atoms with van der Waals surface area (Å²) in [7, 11) is 0. The zero-order chi connectivity index (χ0) is 15.0. The number of esters is 1. The number of hydrogen-bond donors (Lipinski definition) is 2. The lowest BCUT2D eigenvalue weighted by Crippen LogP contribution is -2.37. The molecule has 5 heteroatoms. The average Bonchev–Trinajstić information content (AvgIpc) is 2.47. The highest BCUT2D eigenvalue weighted by Crippen LogP contribution is 2.16. The second-order valence-corrected chi connectivity index (χ2v) is 4.60. The van der Waals surface area contributed by atoms with Crippen molar-refractivity contribution in [2.24, 2.45) is 11.7 Å². The Bertz CT molecular complexity index is 434. The van der Waals surface area contributed by atoms with E-state index in [1.54, 1.807) is 13.8 Å². The monoisotopic (exact) mass is 278 g/mol. The normalized spacial score (nSPS) is 13.3. The second kappa shape index (κ2) is 8.32. The van der Waals surface area contributed by atoms with Gasteiger partial charge in [0.25, 0.3) is 0 Å². The molecule has 2 atom stereocenters. The molecule has 0 heterocycles. The number of ether oxygens (including phenoxy) is 1. The Morgan fingerprint density at radius 2 is 1.95 bits per heavy atom. The third-order valence-corrected chi connectivity index (χ3v) is 3.05. The first-order valence-corrected chi connectivity index (χ1v) is 6.79. The summed E-state index contributed by atoms with van der Waals surface area (Å²) in [5, 5.41) is 2.75. The number of nitrogens with two attached hydrogens (primary N) is 1. The quantitative estimate of drug-likeness (QED) is 0.730. The fourth-order valence-electron chi connectivity index (χ4n) is 1.75. The van der Waals surface area contributed by atoms with Crippen molar-refractivity contribution in [2.75, 3.05) is 19.7 Å². The summed E-state index contributed by atoms with van der Waals surface area (Å²) < 4.78 is 5.06. The lowest BCUT2D eigenvalue weighted by molar-refractivity contribution is -0.144. The average molecular weight is 278 g/mol. The zero-order valence-corrected chi connectivity index (χ0v) is 12.0. The largest absolute Gasteiger partial charge is 0.465 e. The van der Waals surface area contributed by atoms with Crippen molar-refractivity contribution in [1.29, 1.82) is 0 Å². The minimum Gasteiger partial charge on any atom is -0.465 e. The van der Waals surface area contributed by atoms with Gasteiger partial charge < -0.3 is 15.8 Å². The van der Waals surface area contributed by atoms with Gasteiger partial charge in [0.2, 0.25) is 5.91 Å². The number of carbonyl (C=O) groups excluding carboxylic acids is 2. The summed E-state index contributed by atoms with van der Waals surface area (Å²) in [5.74, 6) is -1.25. The number of nitrogens with one attached hydrogen (secondary N) is 1. The van der Waals surface area contributed by atoms with Crippen molar-refractivity contribution in [3.05, 3.63) is 35.9 Å². The smallest absolute Gasteiger partial charge is 0.315 e. The van der Waals surface area contributed by atoms with E-state index in [4.69, 9.17) is 10.5 Å². The molecule has 0 aliphatic rings. The van der Waals surface area contributed by atoms with Gasteiger partial charge in [-0.25, -0.2) is 0 Å². The maximum absolute atomic E-state index is 12.0. The van der Waals surface area contributed by atoms with E-state index in [0.717, 1.165) is 5.56 Å². The number of rotatable bonds is 7. The van der Waals surface area contributed by atoms with Crippen LogP contribution in [0.15, 0.2) is 30.3 Å². The van der Waals surface area contributed by atoms with Crippen molar-refractivity contribution in [3.8, 4) is 0 Å². The molecule has 1 amide bonds. The molecule has 0 aromatic heterocycles. The van der Waals surface area contributed by atoms with Crippen LogP contribution in [-0.4, -0.2) is 31.6 Å². The summed E-state index contributed by atoms with van der Waals surface area (Å²) in [5.41, 5.74) is 6.27. The SMILES string of the molecule is CCOC(=O)C(CNC(=O)C(C)CN)c1ccccc1. The first kappa shape index (κ1) is 16.2. The first-order valence-electron chi connectivity index (χ1n) is 6.79. The lowest BCUT2D eigenvalue weighted by Gasteiger charge is -2.18. The fourth-order valence-corrected chi connectivity index (χ4v) is 1.75. The Morgan fingerprint density at radius 3 is 2.50 bits per heavy atom. The molecule has 0 saturated carbocycles. The fraction of sp³-hybridized carbons (Fsp3) is 0.467. The van der Waals surface area contributed by atoms with Crippen LogP contribution in [0, 0.1) is 5.92 Å². The van der Waals surface area contributed by atoms with Crippen molar-refractivity contribution >= 4 is 11.9 Å². The van der Waals surface area contributed by atoms with Crippen LogP contribution in [0.2, 0.25) is 0 Å². The second-order valence-electron chi connectivity index (χ2n) is 4.60. The highest BCUT2D eigenvalue weighted by Gasteiger charge is 2.23. The standard InChI is InChI=1S/C15H22N2O3/c1-3-20-15(19)13(12-7-5-4-6-8-12)10-17-14(18)11(2)9-16/h4-8,11,13H,3,9-10,16H2,1-2H3,(H,17,18). The highest BCUT2D eigenvalue weighted by atomic mass is 16.5. The van der Waals surface area contributed by atoms with Crippen LogP contribution < -0.4 is 11.1 Å². The lowest BCUT2D eigenvalue weighted by atomic mass is 9.99. The summed E-state index contributed by atoms with van der Waals surface area (Å²) in [4.78, 5) is 23.7. The Morgan fingerprint density at radius 1 is 1.30 bits per heavy atom. The Hall–Kier alpha value is -1.88. The van der Waals surface area contributed by atoms with Crippen molar-refractivity contribution in [1.82, 2.24) is 5.32 Å². The third-order valence-electron chi connectivity index (χ3n) is 3.05. The topological polar surface area (TPSA) is 81.4 Å². The zero-order valence-electron chi connectivity index (χ0n) is 12.0. The molecule has 0 bridgehead atoms. The molecule has 0 spiro atoms. The molecule has 0 radical (unpaired) electrons. The Balaban J connectivity index is 2.74. The molecule has 0 aliphatic carbocycles. The van der Waals surface area contributed by atoms with Crippen LogP contribution >= 0.6 is 0 Å². The molecule has 0 aliphatic heterocycles. The minimum atomic E-state index is -0.495. The van der Waals surface area contributed by atoms with Gasteiger partial charge in [-0.2, -0.15) is 0 Å². The molecule has 1 aromatic rings. The maximum atomic E-state index is 12.0. The van der Waals surface area contributed by atoms with Gasteiger partial charge in [0, 0.05) is 19.0 Å². The molecule has 1 rings (SSSR count).